The first-order valence-corrected chi connectivity index (χ1v) is 11.9. The lowest BCUT2D eigenvalue weighted by Crippen LogP contribution is -2.22. The first-order valence-electron chi connectivity index (χ1n) is 10.1. The van der Waals surface area contributed by atoms with Crippen molar-refractivity contribution in [3.05, 3.63) is 69.5 Å². The normalized spacial score (nSPS) is 11.1. The van der Waals surface area contributed by atoms with E-state index in [2.05, 4.69) is 15.5 Å². The predicted octanol–water partition coefficient (Wildman–Crippen LogP) is 5.24. The molecule has 0 fully saturated rings. The molecule has 2 aromatic carbocycles. The summed E-state index contributed by atoms with van der Waals surface area (Å²) in [5.41, 5.74) is 1.78. The lowest BCUT2D eigenvalue weighted by molar-refractivity contribution is -0.116. The van der Waals surface area contributed by atoms with Gasteiger partial charge in [-0.05, 0) is 48.4 Å². The molecule has 0 bridgehead atoms. The number of hydrogen-bond acceptors (Lipinski definition) is 6. The Hall–Kier alpha value is -2.68. The highest BCUT2D eigenvalue weighted by Gasteiger charge is 2.13. The molecule has 1 N–H and O–H groups in total. The average molecular weight is 507 g/mol. The van der Waals surface area contributed by atoms with Gasteiger partial charge < -0.3 is 19.4 Å². The van der Waals surface area contributed by atoms with Crippen molar-refractivity contribution in [3.8, 4) is 11.5 Å². The zero-order chi connectivity index (χ0) is 23.8. The smallest absolute Gasteiger partial charge is 0.244 e. The zero-order valence-corrected chi connectivity index (χ0v) is 20.8. The Morgan fingerprint density at radius 3 is 2.61 bits per heavy atom. The molecule has 174 valence electrons. The number of benzene rings is 2. The highest BCUT2D eigenvalue weighted by molar-refractivity contribution is 7.98. The van der Waals surface area contributed by atoms with Crippen molar-refractivity contribution in [2.24, 2.45) is 0 Å². The topological polar surface area (TPSA) is 78.3 Å². The van der Waals surface area contributed by atoms with Gasteiger partial charge in [-0.2, -0.15) is 0 Å². The Morgan fingerprint density at radius 2 is 1.91 bits per heavy atom. The van der Waals surface area contributed by atoms with Crippen molar-refractivity contribution >= 4 is 46.9 Å². The summed E-state index contributed by atoms with van der Waals surface area (Å²) in [6, 6.07) is 10.9. The first-order chi connectivity index (χ1) is 15.9. The number of thioether (sulfide) groups is 1. The molecule has 0 atom stereocenters. The van der Waals surface area contributed by atoms with E-state index in [1.165, 1.54) is 17.8 Å². The summed E-state index contributed by atoms with van der Waals surface area (Å²) < 4.78 is 12.5. The third kappa shape index (κ3) is 6.66. The van der Waals surface area contributed by atoms with Gasteiger partial charge in [0.25, 0.3) is 0 Å². The summed E-state index contributed by atoms with van der Waals surface area (Å²) in [5, 5.41) is 13.3. The molecule has 3 rings (SSSR count). The highest BCUT2D eigenvalue weighted by atomic mass is 35.5. The van der Waals surface area contributed by atoms with E-state index in [-0.39, 0.29) is 12.5 Å². The Bertz CT molecular complexity index is 1150. The minimum atomic E-state index is -0.238. The summed E-state index contributed by atoms with van der Waals surface area (Å²) in [4.78, 5) is 12.3. The van der Waals surface area contributed by atoms with Crippen LogP contribution in [0.3, 0.4) is 0 Å². The van der Waals surface area contributed by atoms with Crippen LogP contribution in [-0.2, 0) is 23.6 Å². The third-order valence-electron chi connectivity index (χ3n) is 4.74. The molecule has 33 heavy (non-hydrogen) atoms. The maximum Gasteiger partial charge on any atom is 0.244 e. The van der Waals surface area contributed by atoms with Crippen molar-refractivity contribution in [2.75, 3.05) is 14.2 Å². The van der Waals surface area contributed by atoms with Crippen LogP contribution in [0.2, 0.25) is 10.0 Å². The van der Waals surface area contributed by atoms with Gasteiger partial charge in [0.2, 0.25) is 5.91 Å². The summed E-state index contributed by atoms with van der Waals surface area (Å²) >= 11 is 13.7. The van der Waals surface area contributed by atoms with Crippen LogP contribution in [0.1, 0.15) is 23.9 Å². The van der Waals surface area contributed by atoms with Gasteiger partial charge >= 0.3 is 0 Å². The summed E-state index contributed by atoms with van der Waals surface area (Å²) in [7, 11) is 3.14. The van der Waals surface area contributed by atoms with E-state index < -0.39 is 0 Å². The Morgan fingerprint density at radius 1 is 1.12 bits per heavy atom. The van der Waals surface area contributed by atoms with E-state index in [1.54, 1.807) is 38.5 Å². The molecule has 0 aliphatic heterocycles. The molecule has 10 heteroatoms. The third-order valence-corrected chi connectivity index (χ3v) is 6.34. The lowest BCUT2D eigenvalue weighted by Gasteiger charge is -2.09. The minimum absolute atomic E-state index is 0.238. The van der Waals surface area contributed by atoms with Crippen LogP contribution in [0, 0.1) is 0 Å². The maximum atomic E-state index is 12.3. The van der Waals surface area contributed by atoms with Gasteiger partial charge in [0.1, 0.15) is 0 Å². The molecule has 0 saturated carbocycles. The fourth-order valence-corrected chi connectivity index (χ4v) is 4.59. The number of ether oxygens (including phenoxy) is 2. The first kappa shape index (κ1) is 25.0. The molecule has 0 aliphatic rings. The van der Waals surface area contributed by atoms with Crippen LogP contribution < -0.4 is 14.8 Å². The standard InChI is InChI=1S/C23H24Cl2N4O3S/c1-4-29-21(27-28-23(29)33-14-16-7-8-17(24)12-18(16)25)13-26-22(30)10-6-15-5-9-19(31-2)20(11-15)32-3/h5-12H,4,13-14H2,1-3H3,(H,26,30). The van der Waals surface area contributed by atoms with Crippen molar-refractivity contribution < 1.29 is 14.3 Å². The fourth-order valence-electron chi connectivity index (χ4n) is 3.01. The van der Waals surface area contributed by atoms with E-state index >= 15 is 0 Å². The number of carbonyl (C=O) groups is 1. The van der Waals surface area contributed by atoms with Gasteiger partial charge in [0.15, 0.2) is 22.5 Å². The van der Waals surface area contributed by atoms with E-state index in [0.717, 1.165) is 16.3 Å². The highest BCUT2D eigenvalue weighted by Crippen LogP contribution is 2.29. The number of hydrogen-bond donors (Lipinski definition) is 1. The van der Waals surface area contributed by atoms with Gasteiger partial charge in [-0.3, -0.25) is 4.79 Å². The van der Waals surface area contributed by atoms with Crippen LogP contribution in [0.4, 0.5) is 0 Å². The van der Waals surface area contributed by atoms with Crippen LogP contribution in [-0.4, -0.2) is 34.9 Å². The van der Waals surface area contributed by atoms with Crippen LogP contribution >= 0.6 is 35.0 Å². The largest absolute Gasteiger partial charge is 0.493 e. The van der Waals surface area contributed by atoms with Gasteiger partial charge in [-0.25, -0.2) is 0 Å². The Labute approximate surface area is 207 Å². The van der Waals surface area contributed by atoms with Gasteiger partial charge in [0.05, 0.1) is 20.8 Å². The van der Waals surface area contributed by atoms with E-state index in [1.807, 2.05) is 29.7 Å². The molecule has 0 unspecified atom stereocenters. The zero-order valence-electron chi connectivity index (χ0n) is 18.5. The van der Waals surface area contributed by atoms with Gasteiger partial charge in [-0.15, -0.1) is 10.2 Å². The monoisotopic (exact) mass is 506 g/mol. The molecular formula is C23H24Cl2N4O3S. The van der Waals surface area contributed by atoms with Crippen LogP contribution in [0.5, 0.6) is 11.5 Å². The second-order valence-electron chi connectivity index (χ2n) is 6.83. The van der Waals surface area contributed by atoms with Crippen molar-refractivity contribution in [3.63, 3.8) is 0 Å². The molecule has 1 heterocycles. The molecule has 0 spiro atoms. The van der Waals surface area contributed by atoms with E-state index in [9.17, 15) is 4.79 Å². The van der Waals surface area contributed by atoms with E-state index in [4.69, 9.17) is 32.7 Å². The summed E-state index contributed by atoms with van der Waals surface area (Å²) in [5.74, 6) is 2.30. The Balaban J connectivity index is 1.59. The summed E-state index contributed by atoms with van der Waals surface area (Å²) in [6.07, 6.45) is 3.17. The molecule has 0 saturated heterocycles. The van der Waals surface area contributed by atoms with Crippen molar-refractivity contribution in [2.45, 2.75) is 30.9 Å². The minimum Gasteiger partial charge on any atom is -0.493 e. The number of nitrogens with zero attached hydrogens (tertiary/aromatic N) is 3. The number of halogens is 2. The van der Waals surface area contributed by atoms with Crippen LogP contribution in [0.15, 0.2) is 47.6 Å². The maximum absolute atomic E-state index is 12.3. The van der Waals surface area contributed by atoms with Gasteiger partial charge in [-0.1, -0.05) is 47.1 Å². The number of methoxy groups -OCH3 is 2. The quantitative estimate of drug-likeness (QED) is 0.299. The molecular weight excluding hydrogens is 483 g/mol. The summed E-state index contributed by atoms with van der Waals surface area (Å²) in [6.45, 7) is 2.94. The van der Waals surface area contributed by atoms with E-state index in [0.29, 0.717) is 39.7 Å². The number of rotatable bonds is 10. The van der Waals surface area contributed by atoms with Crippen molar-refractivity contribution in [1.29, 1.82) is 0 Å². The van der Waals surface area contributed by atoms with Crippen molar-refractivity contribution in [1.82, 2.24) is 20.1 Å². The number of nitrogens with one attached hydrogen (secondary N) is 1. The molecule has 1 aromatic heterocycles. The number of amides is 1. The molecule has 0 aliphatic carbocycles. The lowest BCUT2D eigenvalue weighted by atomic mass is 10.2. The van der Waals surface area contributed by atoms with Gasteiger partial charge in [0, 0.05) is 28.4 Å². The SMILES string of the molecule is CCn1c(CNC(=O)C=Cc2ccc(OC)c(OC)c2)nnc1SCc1ccc(Cl)cc1Cl. The molecule has 3 aromatic rings. The predicted molar refractivity (Wildman–Crippen MR) is 132 cm³/mol. The second kappa shape index (κ2) is 12.0. The molecule has 1 amide bonds. The average Bonchev–Trinajstić information content (AvgIpc) is 3.22. The number of carbonyl (C=O) groups excluding carboxylic acids is 1. The second-order valence-corrected chi connectivity index (χ2v) is 8.62. The fraction of sp³-hybridized carbons (Fsp3) is 0.261. The Kier molecular flexibility index (Phi) is 9.05. The molecule has 0 radical (unpaired) electrons. The molecule has 7 nitrogen and oxygen atoms in total. The number of aromatic nitrogens is 3. The van der Waals surface area contributed by atoms with Crippen LogP contribution in [0.25, 0.3) is 6.08 Å².